The molecule has 3 N–H and O–H groups in total. The number of esters is 1. The van der Waals surface area contributed by atoms with Gasteiger partial charge in [0.2, 0.25) is 5.91 Å². The van der Waals surface area contributed by atoms with Gasteiger partial charge in [-0.15, -0.1) is 0 Å². The summed E-state index contributed by atoms with van der Waals surface area (Å²) in [5, 5.41) is 23.4. The first-order valence-corrected chi connectivity index (χ1v) is 34.9. The third-order valence-electron chi connectivity index (χ3n) is 16.1. The van der Waals surface area contributed by atoms with Gasteiger partial charge in [0.05, 0.1) is 25.4 Å². The van der Waals surface area contributed by atoms with Crippen LogP contribution < -0.4 is 5.32 Å². The molecule has 0 spiro atoms. The number of aliphatic hydroxyl groups is 2. The average molecular weight is 1090 g/mol. The highest BCUT2D eigenvalue weighted by atomic mass is 16.5. The van der Waals surface area contributed by atoms with Crippen LogP contribution in [0.2, 0.25) is 0 Å². The third-order valence-corrected chi connectivity index (χ3v) is 16.1. The van der Waals surface area contributed by atoms with Crippen molar-refractivity contribution in [2.45, 2.75) is 386 Å². The molecule has 458 valence electrons. The van der Waals surface area contributed by atoms with Crippen LogP contribution in [0.25, 0.3) is 0 Å². The molecular formula is C72H135NO5. The summed E-state index contributed by atoms with van der Waals surface area (Å²) in [5.74, 6) is -0.0786. The van der Waals surface area contributed by atoms with E-state index in [0.717, 1.165) is 57.8 Å². The van der Waals surface area contributed by atoms with Crippen molar-refractivity contribution in [1.29, 1.82) is 0 Å². The highest BCUT2D eigenvalue weighted by Crippen LogP contribution is 2.18. The first kappa shape index (κ1) is 75.8. The van der Waals surface area contributed by atoms with Gasteiger partial charge in [0.25, 0.3) is 0 Å². The van der Waals surface area contributed by atoms with Crippen LogP contribution in [0.1, 0.15) is 373 Å². The number of carbonyl (C=O) groups excluding carboxylic acids is 2. The first-order valence-electron chi connectivity index (χ1n) is 34.9. The molecule has 0 aliphatic heterocycles. The number of carbonyl (C=O) groups is 2. The predicted octanol–water partition coefficient (Wildman–Crippen LogP) is 22.5. The molecule has 0 bridgehead atoms. The molecule has 0 aromatic heterocycles. The highest BCUT2D eigenvalue weighted by molar-refractivity contribution is 5.76. The third kappa shape index (κ3) is 63.0. The number of allylic oxidation sites excluding steroid dienone is 7. The van der Waals surface area contributed by atoms with Gasteiger partial charge in [-0.1, -0.05) is 332 Å². The lowest BCUT2D eigenvalue weighted by Crippen LogP contribution is -2.45. The van der Waals surface area contributed by atoms with E-state index in [4.69, 9.17) is 4.74 Å². The maximum Gasteiger partial charge on any atom is 0.305 e. The van der Waals surface area contributed by atoms with Gasteiger partial charge < -0.3 is 20.3 Å². The molecule has 6 heteroatoms. The summed E-state index contributed by atoms with van der Waals surface area (Å²) < 4.78 is 5.43. The largest absolute Gasteiger partial charge is 0.465 e. The van der Waals surface area contributed by atoms with Crippen LogP contribution in [-0.2, 0) is 14.3 Å². The van der Waals surface area contributed by atoms with Crippen LogP contribution in [0.4, 0.5) is 0 Å². The van der Waals surface area contributed by atoms with Crippen molar-refractivity contribution >= 4 is 11.9 Å². The maximum atomic E-state index is 12.5. The van der Waals surface area contributed by atoms with E-state index in [1.54, 1.807) is 0 Å². The number of rotatable bonds is 65. The Morgan fingerprint density at radius 1 is 0.359 bits per heavy atom. The number of unbranched alkanes of at least 4 members (excludes halogenated alkanes) is 46. The van der Waals surface area contributed by atoms with Gasteiger partial charge in [-0.05, 0) is 77.0 Å². The number of nitrogens with one attached hydrogen (secondary N) is 1. The molecule has 0 aliphatic carbocycles. The van der Waals surface area contributed by atoms with Gasteiger partial charge in [0.1, 0.15) is 0 Å². The van der Waals surface area contributed by atoms with Gasteiger partial charge in [-0.2, -0.15) is 0 Å². The minimum atomic E-state index is -0.670. The van der Waals surface area contributed by atoms with Crippen LogP contribution in [-0.4, -0.2) is 47.4 Å². The zero-order chi connectivity index (χ0) is 56.4. The molecular weight excluding hydrogens is 959 g/mol. The second kappa shape index (κ2) is 67.3. The van der Waals surface area contributed by atoms with E-state index >= 15 is 0 Å². The first-order chi connectivity index (χ1) is 38.5. The number of hydrogen-bond donors (Lipinski definition) is 3. The summed E-state index contributed by atoms with van der Waals surface area (Å²) in [6.45, 7) is 4.85. The molecule has 0 aliphatic rings. The molecule has 0 aromatic carbocycles. The Bertz CT molecular complexity index is 1310. The average Bonchev–Trinajstić information content (AvgIpc) is 3.44. The minimum Gasteiger partial charge on any atom is -0.465 e. The fourth-order valence-corrected chi connectivity index (χ4v) is 10.8. The van der Waals surface area contributed by atoms with Crippen molar-refractivity contribution in [3.63, 3.8) is 0 Å². The smallest absolute Gasteiger partial charge is 0.305 e. The van der Waals surface area contributed by atoms with E-state index in [-0.39, 0.29) is 18.5 Å². The summed E-state index contributed by atoms with van der Waals surface area (Å²) in [6.07, 6.45) is 87.3. The maximum absolute atomic E-state index is 12.5. The summed E-state index contributed by atoms with van der Waals surface area (Å²) in [4.78, 5) is 24.6. The van der Waals surface area contributed by atoms with Crippen LogP contribution in [0.15, 0.2) is 48.6 Å². The summed E-state index contributed by atoms with van der Waals surface area (Å²) in [5.41, 5.74) is 0. The summed E-state index contributed by atoms with van der Waals surface area (Å²) in [6, 6.07) is -0.548. The SMILES string of the molecule is CCCCCC/C=C\C/C=C\CCCCCCCCCC(=O)OCC/C=C\C/C=C\CCCCCCCCCCCCCCCCC(=O)NC(CO)C(O)CCCCCCCCCCCCCCCCCCCCCCCC. The Morgan fingerprint density at radius 3 is 0.987 bits per heavy atom. The van der Waals surface area contributed by atoms with Gasteiger partial charge in [-0.25, -0.2) is 0 Å². The van der Waals surface area contributed by atoms with Crippen LogP contribution >= 0.6 is 0 Å². The Hall–Kier alpha value is -2.18. The van der Waals surface area contributed by atoms with Gasteiger partial charge in [-0.3, -0.25) is 9.59 Å². The molecule has 0 aromatic rings. The monoisotopic (exact) mass is 1090 g/mol. The van der Waals surface area contributed by atoms with E-state index in [2.05, 4.69) is 67.8 Å². The van der Waals surface area contributed by atoms with E-state index < -0.39 is 12.1 Å². The van der Waals surface area contributed by atoms with Crippen molar-refractivity contribution in [1.82, 2.24) is 5.32 Å². The number of ether oxygens (including phenoxy) is 1. The van der Waals surface area contributed by atoms with Crippen LogP contribution in [0.3, 0.4) is 0 Å². The second-order valence-electron chi connectivity index (χ2n) is 23.9. The molecule has 0 heterocycles. The van der Waals surface area contributed by atoms with Gasteiger partial charge in [0.15, 0.2) is 0 Å². The lowest BCUT2D eigenvalue weighted by atomic mass is 10.0. The fraction of sp³-hybridized carbons (Fsp3) is 0.861. The van der Waals surface area contributed by atoms with Gasteiger partial charge in [0, 0.05) is 12.8 Å². The normalized spacial score (nSPS) is 12.8. The van der Waals surface area contributed by atoms with Crippen molar-refractivity contribution in [2.24, 2.45) is 0 Å². The molecule has 1 amide bonds. The zero-order valence-electron chi connectivity index (χ0n) is 52.4. The molecule has 78 heavy (non-hydrogen) atoms. The fourth-order valence-electron chi connectivity index (χ4n) is 10.8. The lowest BCUT2D eigenvalue weighted by molar-refractivity contribution is -0.143. The van der Waals surface area contributed by atoms with E-state index in [1.807, 2.05) is 0 Å². The summed E-state index contributed by atoms with van der Waals surface area (Å²) in [7, 11) is 0. The topological polar surface area (TPSA) is 95.9 Å². The predicted molar refractivity (Wildman–Crippen MR) is 342 cm³/mol. The second-order valence-corrected chi connectivity index (χ2v) is 23.9. The Kier molecular flexibility index (Phi) is 65.4. The molecule has 2 unspecified atom stereocenters. The van der Waals surface area contributed by atoms with Crippen LogP contribution in [0.5, 0.6) is 0 Å². The van der Waals surface area contributed by atoms with Crippen molar-refractivity contribution in [3.8, 4) is 0 Å². The molecule has 0 radical (unpaired) electrons. The molecule has 0 rings (SSSR count). The van der Waals surface area contributed by atoms with Crippen molar-refractivity contribution < 1.29 is 24.5 Å². The van der Waals surface area contributed by atoms with Gasteiger partial charge >= 0.3 is 5.97 Å². The summed E-state index contributed by atoms with van der Waals surface area (Å²) >= 11 is 0. The Balaban J connectivity index is 3.45. The van der Waals surface area contributed by atoms with Crippen molar-refractivity contribution in [2.75, 3.05) is 13.2 Å². The molecule has 0 saturated carbocycles. The lowest BCUT2D eigenvalue weighted by Gasteiger charge is -2.22. The molecule has 0 fully saturated rings. The molecule has 0 saturated heterocycles. The minimum absolute atomic E-state index is 0.0366. The molecule has 2 atom stereocenters. The standard InChI is InChI=1S/C72H135NO5/c1-3-5-7-9-11-13-15-17-19-21-23-24-26-29-32-36-40-44-48-52-56-60-64-70(75)69(68-74)73-71(76)65-61-57-53-49-45-41-37-33-30-27-25-28-31-35-39-43-47-51-55-59-63-67-78-72(77)66-62-58-54-50-46-42-38-34-22-20-18-16-14-12-10-8-6-4-2/h14,16,20,22,43,47,55,59,69-70,74-75H,3-13,15,17-19,21,23-42,44-46,48-54,56-58,60-68H2,1-2H3,(H,73,76)/b16-14-,22-20-,47-43-,59-55-. The Labute approximate surface area is 486 Å². The van der Waals surface area contributed by atoms with E-state index in [0.29, 0.717) is 25.9 Å². The molecule has 6 nitrogen and oxygen atoms in total. The van der Waals surface area contributed by atoms with Crippen LogP contribution in [0, 0.1) is 0 Å². The van der Waals surface area contributed by atoms with E-state index in [9.17, 15) is 19.8 Å². The Morgan fingerprint density at radius 2 is 0.641 bits per heavy atom. The van der Waals surface area contributed by atoms with Crippen molar-refractivity contribution in [3.05, 3.63) is 48.6 Å². The quantitative estimate of drug-likeness (QED) is 0.0320. The number of aliphatic hydroxyl groups excluding tert-OH is 2. The zero-order valence-corrected chi connectivity index (χ0v) is 52.4. The number of amides is 1. The number of hydrogen-bond acceptors (Lipinski definition) is 5. The highest BCUT2D eigenvalue weighted by Gasteiger charge is 2.20. The van der Waals surface area contributed by atoms with E-state index in [1.165, 1.54) is 283 Å².